The van der Waals surface area contributed by atoms with E-state index in [0.717, 1.165) is 12.8 Å². The molecule has 2 aliphatic heterocycles. The molecule has 0 aromatic heterocycles. The number of fused-ring (bicyclic) bond motifs is 1. The third-order valence-corrected chi connectivity index (χ3v) is 10.7. The maximum absolute atomic E-state index is 12.1. The molecule has 0 aromatic carbocycles. The van der Waals surface area contributed by atoms with Crippen LogP contribution in [0.5, 0.6) is 0 Å². The Kier molecular flexibility index (Phi) is 4.94. The first-order valence-corrected chi connectivity index (χ1v) is 11.6. The van der Waals surface area contributed by atoms with Gasteiger partial charge in [-0.25, -0.2) is 4.79 Å². The number of carbonyl (C=O) groups excluding carboxylic acids is 1. The molecule has 0 N–H and O–H groups in total. The maximum atomic E-state index is 12.1. The summed E-state index contributed by atoms with van der Waals surface area (Å²) in [6.45, 7) is 12.9. The van der Waals surface area contributed by atoms with Crippen LogP contribution in [0.4, 0.5) is 0 Å². The van der Waals surface area contributed by atoms with E-state index in [1.165, 1.54) is 0 Å². The minimum absolute atomic E-state index is 0.0603. The summed E-state index contributed by atoms with van der Waals surface area (Å²) in [5, 5.41) is 0.0603. The van der Waals surface area contributed by atoms with E-state index in [1.54, 1.807) is 0 Å². The molecule has 5 atom stereocenters. The van der Waals surface area contributed by atoms with E-state index in [-0.39, 0.29) is 29.3 Å². The maximum Gasteiger partial charge on any atom is 0.337 e. The molecule has 0 unspecified atom stereocenters. The van der Waals surface area contributed by atoms with Gasteiger partial charge in [0.2, 0.25) is 0 Å². The Bertz CT molecular complexity index is 407. The van der Waals surface area contributed by atoms with Gasteiger partial charge in [0, 0.05) is 11.2 Å². The third-order valence-electron chi connectivity index (χ3n) is 4.98. The molecule has 2 aliphatic rings. The largest absolute Gasteiger partial charge is 0.457 e. The summed E-state index contributed by atoms with van der Waals surface area (Å²) < 4.78 is 17.9. The molecule has 4 nitrogen and oxygen atoms in total. The minimum atomic E-state index is -2.02. The van der Waals surface area contributed by atoms with Crippen molar-refractivity contribution in [3.8, 4) is 0 Å². The molecule has 2 rings (SSSR count). The molecular formula is C15H27BrO4Si. The summed E-state index contributed by atoms with van der Waals surface area (Å²) in [6, 6.07) is 0. The first kappa shape index (κ1) is 17.4. The van der Waals surface area contributed by atoms with E-state index in [0.29, 0.717) is 4.83 Å². The Morgan fingerprint density at radius 2 is 2.05 bits per heavy atom. The fourth-order valence-corrected chi connectivity index (χ4v) is 4.10. The quantitative estimate of drug-likeness (QED) is 0.425. The number of hydrogen-bond donors (Lipinski definition) is 0. The van der Waals surface area contributed by atoms with Crippen LogP contribution < -0.4 is 0 Å². The first-order valence-electron chi connectivity index (χ1n) is 7.74. The normalized spacial score (nSPS) is 34.7. The molecule has 0 aliphatic carbocycles. The van der Waals surface area contributed by atoms with Gasteiger partial charge in [0.05, 0.1) is 6.10 Å². The molecule has 0 amide bonds. The molecule has 0 aromatic rings. The van der Waals surface area contributed by atoms with Gasteiger partial charge in [0.25, 0.3) is 0 Å². The van der Waals surface area contributed by atoms with Crippen molar-refractivity contribution in [1.29, 1.82) is 0 Å². The smallest absolute Gasteiger partial charge is 0.337 e. The van der Waals surface area contributed by atoms with Crippen LogP contribution in [0, 0.1) is 0 Å². The lowest BCUT2D eigenvalue weighted by molar-refractivity contribution is -0.148. The van der Waals surface area contributed by atoms with Crippen molar-refractivity contribution in [1.82, 2.24) is 0 Å². The Hall–Kier alpha value is 0.0869. The van der Waals surface area contributed by atoms with Gasteiger partial charge in [-0.3, -0.25) is 0 Å². The Labute approximate surface area is 137 Å². The molecule has 2 saturated heterocycles. The zero-order chi connectivity index (χ0) is 16.0. The van der Waals surface area contributed by atoms with Crippen LogP contribution in [-0.2, 0) is 18.7 Å². The lowest BCUT2D eigenvalue weighted by atomic mass is 10.1. The SMILES string of the molecule is CC[C@H](Br)[C@H]1C[C@@H]2OC(=O)[C@@H](O[Si](C)(C)C(C)(C)C)[C@@H]2O1. The summed E-state index contributed by atoms with van der Waals surface area (Å²) in [4.78, 5) is 12.4. The Morgan fingerprint density at radius 3 is 2.57 bits per heavy atom. The molecule has 2 fully saturated rings. The highest BCUT2D eigenvalue weighted by Crippen LogP contribution is 2.42. The van der Waals surface area contributed by atoms with Gasteiger partial charge in [-0.05, 0) is 24.6 Å². The number of alkyl halides is 1. The fourth-order valence-electron chi connectivity index (χ4n) is 2.55. The highest BCUT2D eigenvalue weighted by Gasteiger charge is 2.55. The van der Waals surface area contributed by atoms with Gasteiger partial charge in [-0.1, -0.05) is 43.6 Å². The van der Waals surface area contributed by atoms with Crippen molar-refractivity contribution in [2.75, 3.05) is 0 Å². The number of halogens is 1. The summed E-state index contributed by atoms with van der Waals surface area (Å²) in [5.41, 5.74) is 0. The van der Waals surface area contributed by atoms with Gasteiger partial charge < -0.3 is 13.9 Å². The Balaban J connectivity index is 2.09. The lowest BCUT2D eigenvalue weighted by Crippen LogP contribution is -2.48. The number of esters is 1. The van der Waals surface area contributed by atoms with E-state index >= 15 is 0 Å². The molecule has 0 radical (unpaired) electrons. The van der Waals surface area contributed by atoms with Gasteiger partial charge in [0.1, 0.15) is 12.2 Å². The van der Waals surface area contributed by atoms with Crippen LogP contribution in [0.25, 0.3) is 0 Å². The number of hydrogen-bond acceptors (Lipinski definition) is 4. The van der Waals surface area contributed by atoms with Crippen LogP contribution in [0.2, 0.25) is 18.1 Å². The van der Waals surface area contributed by atoms with Crippen molar-refractivity contribution >= 4 is 30.2 Å². The lowest BCUT2D eigenvalue weighted by Gasteiger charge is -2.38. The average molecular weight is 379 g/mol. The first-order chi connectivity index (χ1) is 9.56. The topological polar surface area (TPSA) is 44.8 Å². The fraction of sp³-hybridized carbons (Fsp3) is 0.933. The summed E-state index contributed by atoms with van der Waals surface area (Å²) in [6.07, 6.45) is 0.900. The van der Waals surface area contributed by atoms with Crippen LogP contribution in [0.1, 0.15) is 40.5 Å². The second-order valence-electron chi connectivity index (χ2n) is 7.57. The summed E-state index contributed by atoms with van der Waals surface area (Å²) >= 11 is 3.64. The second-order valence-corrected chi connectivity index (χ2v) is 13.5. The second kappa shape index (κ2) is 5.94. The van der Waals surface area contributed by atoms with Crippen molar-refractivity contribution in [2.45, 2.75) is 87.9 Å². The van der Waals surface area contributed by atoms with Gasteiger partial charge >= 0.3 is 5.97 Å². The zero-order valence-corrected chi connectivity index (χ0v) is 16.4. The minimum Gasteiger partial charge on any atom is -0.457 e. The van der Waals surface area contributed by atoms with Crippen molar-refractivity contribution in [2.24, 2.45) is 0 Å². The van der Waals surface area contributed by atoms with E-state index in [4.69, 9.17) is 13.9 Å². The van der Waals surface area contributed by atoms with Crippen molar-refractivity contribution < 1.29 is 18.7 Å². The molecule has 0 bridgehead atoms. The highest BCUT2D eigenvalue weighted by molar-refractivity contribution is 9.09. The average Bonchev–Trinajstić information content (AvgIpc) is 2.87. The van der Waals surface area contributed by atoms with Crippen LogP contribution >= 0.6 is 15.9 Å². The number of carbonyl (C=O) groups is 1. The van der Waals surface area contributed by atoms with E-state index in [2.05, 4.69) is 56.7 Å². The van der Waals surface area contributed by atoms with E-state index < -0.39 is 14.4 Å². The predicted molar refractivity (Wildman–Crippen MR) is 88.2 cm³/mol. The molecule has 0 spiro atoms. The monoisotopic (exact) mass is 378 g/mol. The molecule has 0 saturated carbocycles. The zero-order valence-electron chi connectivity index (χ0n) is 13.8. The van der Waals surface area contributed by atoms with E-state index in [9.17, 15) is 4.79 Å². The van der Waals surface area contributed by atoms with Crippen LogP contribution in [-0.4, -0.2) is 43.5 Å². The standard InChI is InChI=1S/C15H27BrO4Si/c1-7-9(16)10-8-11-12(18-10)13(14(17)19-11)20-21(5,6)15(2,3)4/h9-13H,7-8H2,1-6H3/t9-,10+,11-,12+,13-/m0/s1. The number of ether oxygens (including phenoxy) is 2. The van der Waals surface area contributed by atoms with Crippen molar-refractivity contribution in [3.63, 3.8) is 0 Å². The predicted octanol–water partition coefficient (Wildman–Crippen LogP) is 3.63. The molecular weight excluding hydrogens is 352 g/mol. The van der Waals surface area contributed by atoms with Crippen LogP contribution in [0.3, 0.4) is 0 Å². The van der Waals surface area contributed by atoms with E-state index in [1.807, 2.05) is 0 Å². The van der Waals surface area contributed by atoms with Gasteiger partial charge in [0.15, 0.2) is 14.4 Å². The molecule has 21 heavy (non-hydrogen) atoms. The molecule has 6 heteroatoms. The van der Waals surface area contributed by atoms with Gasteiger partial charge in [-0.2, -0.15) is 0 Å². The third kappa shape index (κ3) is 3.38. The molecule has 122 valence electrons. The summed E-state index contributed by atoms with van der Waals surface area (Å²) in [7, 11) is -2.02. The van der Waals surface area contributed by atoms with Gasteiger partial charge in [-0.15, -0.1) is 0 Å². The highest BCUT2D eigenvalue weighted by atomic mass is 79.9. The Morgan fingerprint density at radius 1 is 1.43 bits per heavy atom. The van der Waals surface area contributed by atoms with Crippen molar-refractivity contribution in [3.05, 3.63) is 0 Å². The molecule has 2 heterocycles. The van der Waals surface area contributed by atoms with Crippen LogP contribution in [0.15, 0.2) is 0 Å². The number of rotatable bonds is 4. The summed E-state index contributed by atoms with van der Waals surface area (Å²) in [5.74, 6) is -0.254.